The Morgan fingerprint density at radius 2 is 2.04 bits per heavy atom. The van der Waals surface area contributed by atoms with Crippen LogP contribution in [-0.2, 0) is 9.59 Å². The van der Waals surface area contributed by atoms with E-state index in [9.17, 15) is 14.7 Å². The van der Waals surface area contributed by atoms with Crippen LogP contribution in [0.25, 0.3) is 0 Å². The quantitative estimate of drug-likeness (QED) is 0.296. The van der Waals surface area contributed by atoms with Crippen LogP contribution < -0.4 is 21.5 Å². The molecule has 2 rings (SSSR count). The normalized spacial score (nSPS) is 16.0. The van der Waals surface area contributed by atoms with Crippen molar-refractivity contribution in [1.29, 1.82) is 0 Å². The van der Waals surface area contributed by atoms with Crippen LogP contribution in [0.3, 0.4) is 0 Å². The van der Waals surface area contributed by atoms with E-state index in [4.69, 9.17) is 16.6 Å². The SMILES string of the molecule is O=C(CNC(=O)C1CCCCC1)NNC(=S)NC(O)c1ccco1. The van der Waals surface area contributed by atoms with Crippen molar-refractivity contribution in [3.05, 3.63) is 24.2 Å². The first-order valence-electron chi connectivity index (χ1n) is 7.91. The second kappa shape index (κ2) is 9.24. The van der Waals surface area contributed by atoms with Gasteiger partial charge in [0.15, 0.2) is 17.1 Å². The zero-order valence-electron chi connectivity index (χ0n) is 13.2. The maximum absolute atomic E-state index is 11.9. The van der Waals surface area contributed by atoms with Gasteiger partial charge in [0.2, 0.25) is 5.91 Å². The maximum Gasteiger partial charge on any atom is 0.257 e. The highest BCUT2D eigenvalue weighted by Crippen LogP contribution is 2.23. The number of aliphatic hydroxyl groups is 1. The molecule has 1 atom stereocenters. The first-order chi connectivity index (χ1) is 11.6. The van der Waals surface area contributed by atoms with E-state index >= 15 is 0 Å². The lowest BCUT2D eigenvalue weighted by atomic mass is 9.89. The molecule has 0 spiro atoms. The second-order valence-electron chi connectivity index (χ2n) is 5.62. The Kier molecular flexibility index (Phi) is 7.01. The molecule has 0 aromatic carbocycles. The van der Waals surface area contributed by atoms with Crippen LogP contribution >= 0.6 is 12.2 Å². The number of hydrogen-bond donors (Lipinski definition) is 5. The average Bonchev–Trinajstić information content (AvgIpc) is 3.13. The van der Waals surface area contributed by atoms with Crippen LogP contribution in [-0.4, -0.2) is 28.6 Å². The molecule has 0 bridgehead atoms. The predicted octanol–water partition coefficient (Wildman–Crippen LogP) is 0.462. The van der Waals surface area contributed by atoms with Gasteiger partial charge in [-0.1, -0.05) is 19.3 Å². The Morgan fingerprint density at radius 1 is 1.29 bits per heavy atom. The second-order valence-corrected chi connectivity index (χ2v) is 6.03. The molecule has 9 heteroatoms. The summed E-state index contributed by atoms with van der Waals surface area (Å²) in [4.78, 5) is 23.6. The number of hydrogen-bond acceptors (Lipinski definition) is 5. The predicted molar refractivity (Wildman–Crippen MR) is 90.3 cm³/mol. The summed E-state index contributed by atoms with van der Waals surface area (Å²) in [6.45, 7) is -0.133. The minimum Gasteiger partial charge on any atom is -0.465 e. The van der Waals surface area contributed by atoms with Crippen LogP contribution in [0, 0.1) is 5.92 Å². The van der Waals surface area contributed by atoms with Crippen molar-refractivity contribution in [2.75, 3.05) is 6.54 Å². The molecule has 1 unspecified atom stereocenters. The molecular formula is C15H22N4O4S. The zero-order chi connectivity index (χ0) is 17.4. The Labute approximate surface area is 145 Å². The Morgan fingerprint density at radius 3 is 2.71 bits per heavy atom. The zero-order valence-corrected chi connectivity index (χ0v) is 14.0. The molecular weight excluding hydrogens is 332 g/mol. The molecule has 2 amide bonds. The monoisotopic (exact) mass is 354 g/mol. The van der Waals surface area contributed by atoms with E-state index in [-0.39, 0.29) is 23.5 Å². The van der Waals surface area contributed by atoms with Gasteiger partial charge in [-0.2, -0.15) is 0 Å². The summed E-state index contributed by atoms with van der Waals surface area (Å²) in [6.07, 6.45) is 5.35. The third kappa shape index (κ3) is 5.82. The van der Waals surface area contributed by atoms with Crippen molar-refractivity contribution in [3.63, 3.8) is 0 Å². The van der Waals surface area contributed by atoms with E-state index in [1.807, 2.05) is 0 Å². The molecule has 5 N–H and O–H groups in total. The van der Waals surface area contributed by atoms with Gasteiger partial charge in [-0.15, -0.1) is 0 Å². The molecule has 0 aliphatic heterocycles. The van der Waals surface area contributed by atoms with Gasteiger partial charge in [0.1, 0.15) is 0 Å². The van der Waals surface area contributed by atoms with Gasteiger partial charge >= 0.3 is 0 Å². The topological polar surface area (TPSA) is 116 Å². The van der Waals surface area contributed by atoms with Crippen molar-refractivity contribution in [3.8, 4) is 0 Å². The van der Waals surface area contributed by atoms with E-state index in [2.05, 4.69) is 21.5 Å². The van der Waals surface area contributed by atoms with E-state index < -0.39 is 12.1 Å². The third-order valence-corrected chi connectivity index (χ3v) is 4.01. The summed E-state index contributed by atoms with van der Waals surface area (Å²) in [5.74, 6) is -0.217. The lowest BCUT2D eigenvalue weighted by Gasteiger charge is -2.20. The molecule has 1 saturated carbocycles. The van der Waals surface area contributed by atoms with Crippen LogP contribution in [0.1, 0.15) is 44.1 Å². The van der Waals surface area contributed by atoms with Crippen LogP contribution in [0.15, 0.2) is 22.8 Å². The van der Waals surface area contributed by atoms with Crippen LogP contribution in [0.2, 0.25) is 0 Å². The number of amides is 2. The molecule has 1 aromatic heterocycles. The summed E-state index contributed by atoms with van der Waals surface area (Å²) >= 11 is 4.93. The fourth-order valence-corrected chi connectivity index (χ4v) is 2.69. The Balaban J connectivity index is 1.61. The van der Waals surface area contributed by atoms with Gasteiger partial charge in [0.05, 0.1) is 12.8 Å². The van der Waals surface area contributed by atoms with Gasteiger partial charge in [-0.3, -0.25) is 20.4 Å². The van der Waals surface area contributed by atoms with E-state index in [1.165, 1.54) is 12.7 Å². The maximum atomic E-state index is 11.9. The van der Waals surface area contributed by atoms with Gasteiger partial charge in [0.25, 0.3) is 5.91 Å². The molecule has 0 radical (unpaired) electrons. The van der Waals surface area contributed by atoms with Gasteiger partial charge in [-0.05, 0) is 37.2 Å². The number of thiocarbonyl (C=S) groups is 1. The highest BCUT2D eigenvalue weighted by molar-refractivity contribution is 7.80. The molecule has 1 aromatic rings. The van der Waals surface area contributed by atoms with E-state index in [0.717, 1.165) is 25.7 Å². The summed E-state index contributed by atoms with van der Waals surface area (Å²) < 4.78 is 5.01. The number of carbonyl (C=O) groups is 2. The van der Waals surface area contributed by atoms with Gasteiger partial charge < -0.3 is 20.2 Å². The summed E-state index contributed by atoms with van der Waals surface area (Å²) in [6, 6.07) is 3.22. The van der Waals surface area contributed by atoms with E-state index in [1.54, 1.807) is 12.1 Å². The molecule has 1 aliphatic rings. The fourth-order valence-electron chi connectivity index (χ4n) is 2.53. The van der Waals surface area contributed by atoms with Crippen molar-refractivity contribution < 1.29 is 19.1 Å². The van der Waals surface area contributed by atoms with Crippen molar-refractivity contribution in [2.24, 2.45) is 5.92 Å². The Bertz CT molecular complexity index is 558. The summed E-state index contributed by atoms with van der Waals surface area (Å²) in [5, 5.41) is 14.9. The van der Waals surface area contributed by atoms with E-state index in [0.29, 0.717) is 5.76 Å². The number of rotatable bonds is 5. The number of hydrazine groups is 1. The molecule has 1 heterocycles. The number of carbonyl (C=O) groups excluding carboxylic acids is 2. The molecule has 132 valence electrons. The minimum atomic E-state index is -1.12. The van der Waals surface area contributed by atoms with Crippen LogP contribution in [0.5, 0.6) is 0 Å². The molecule has 24 heavy (non-hydrogen) atoms. The lowest BCUT2D eigenvalue weighted by molar-refractivity contribution is -0.129. The molecule has 8 nitrogen and oxygen atoms in total. The third-order valence-electron chi connectivity index (χ3n) is 3.80. The first-order valence-corrected chi connectivity index (χ1v) is 8.31. The van der Waals surface area contributed by atoms with Crippen molar-refractivity contribution in [2.45, 2.75) is 38.3 Å². The van der Waals surface area contributed by atoms with Crippen molar-refractivity contribution in [1.82, 2.24) is 21.5 Å². The standard InChI is InChI=1S/C15H22N4O4S/c20-12(9-16-13(21)10-5-2-1-3-6-10)18-19-15(24)17-14(22)11-7-4-8-23-11/h4,7-8,10,14,22H,1-3,5-6,9H2,(H,16,21)(H,18,20)(H2,17,19,24). The average molecular weight is 354 g/mol. The number of aliphatic hydroxyl groups excluding tert-OH is 1. The minimum absolute atomic E-state index is 0.00527. The number of furan rings is 1. The molecule has 1 fully saturated rings. The highest BCUT2D eigenvalue weighted by Gasteiger charge is 2.21. The van der Waals surface area contributed by atoms with Gasteiger partial charge in [-0.25, -0.2) is 0 Å². The largest absolute Gasteiger partial charge is 0.465 e. The summed E-state index contributed by atoms with van der Waals surface area (Å²) in [5.41, 5.74) is 4.79. The van der Waals surface area contributed by atoms with Crippen molar-refractivity contribution >= 4 is 29.1 Å². The molecule has 1 aliphatic carbocycles. The summed E-state index contributed by atoms with van der Waals surface area (Å²) in [7, 11) is 0. The Hall–Kier alpha value is -2.13. The smallest absolute Gasteiger partial charge is 0.257 e. The lowest BCUT2D eigenvalue weighted by Crippen LogP contribution is -2.50. The van der Waals surface area contributed by atoms with Crippen LogP contribution in [0.4, 0.5) is 0 Å². The highest BCUT2D eigenvalue weighted by atomic mass is 32.1. The number of nitrogens with one attached hydrogen (secondary N) is 4. The molecule has 0 saturated heterocycles. The van der Waals surface area contributed by atoms with Gasteiger partial charge in [0, 0.05) is 5.92 Å². The first kappa shape index (κ1) is 18.2. The fraction of sp³-hybridized carbons (Fsp3) is 0.533.